The van der Waals surface area contributed by atoms with Crippen molar-refractivity contribution in [2.45, 2.75) is 46.0 Å². The van der Waals surface area contributed by atoms with Crippen molar-refractivity contribution in [3.63, 3.8) is 0 Å². The maximum absolute atomic E-state index is 13.0. The number of allylic oxidation sites excluding steroid dienone is 3. The Labute approximate surface area is 182 Å². The molecular formula is C23H28ClNO5. The van der Waals surface area contributed by atoms with Crippen LogP contribution in [0.2, 0.25) is 5.02 Å². The Morgan fingerprint density at radius 1 is 1.20 bits per heavy atom. The van der Waals surface area contributed by atoms with Gasteiger partial charge in [0.05, 0.1) is 23.8 Å². The largest absolute Gasteiger partial charge is 0.492 e. The lowest BCUT2D eigenvalue weighted by atomic mass is 9.75. The van der Waals surface area contributed by atoms with Gasteiger partial charge in [0.25, 0.3) is 0 Å². The molecule has 3 rings (SSSR count). The van der Waals surface area contributed by atoms with Gasteiger partial charge in [0.2, 0.25) is 0 Å². The summed E-state index contributed by atoms with van der Waals surface area (Å²) in [4.78, 5) is 25.9. The number of benzene rings is 1. The van der Waals surface area contributed by atoms with Gasteiger partial charge in [-0.2, -0.15) is 0 Å². The number of halogens is 1. The Morgan fingerprint density at radius 3 is 2.70 bits per heavy atom. The Bertz CT molecular complexity index is 890. The number of Topliss-reactive ketones (excluding diaryl/α,β-unsaturated/α-hetero) is 1. The SMILES string of the molecule is CCOCCOC(=O)C1=C(C)NC2=C(C(=O)CCC2)[C@H]1c1ccc(OCC)c(Cl)c1. The Balaban J connectivity index is 2.01. The molecule has 0 radical (unpaired) electrons. The molecule has 1 N–H and O–H groups in total. The molecule has 1 aliphatic carbocycles. The van der Waals surface area contributed by atoms with Crippen molar-refractivity contribution < 1.29 is 23.8 Å². The van der Waals surface area contributed by atoms with Gasteiger partial charge in [-0.05, 0) is 51.3 Å². The maximum atomic E-state index is 13.0. The second-order valence-corrected chi connectivity index (χ2v) is 7.63. The van der Waals surface area contributed by atoms with Crippen LogP contribution in [-0.2, 0) is 19.1 Å². The molecule has 0 unspecified atom stereocenters. The molecule has 0 saturated carbocycles. The average molecular weight is 434 g/mol. The number of hydrogen-bond donors (Lipinski definition) is 1. The third-order valence-electron chi connectivity index (χ3n) is 5.25. The first-order valence-electron chi connectivity index (χ1n) is 10.4. The molecule has 2 aliphatic rings. The van der Waals surface area contributed by atoms with E-state index in [1.807, 2.05) is 26.8 Å². The quantitative estimate of drug-likeness (QED) is 0.487. The van der Waals surface area contributed by atoms with Crippen LogP contribution in [0.25, 0.3) is 0 Å². The van der Waals surface area contributed by atoms with Crippen molar-refractivity contribution in [2.75, 3.05) is 26.4 Å². The summed E-state index contributed by atoms with van der Waals surface area (Å²) in [6.07, 6.45) is 2.03. The van der Waals surface area contributed by atoms with Crippen molar-refractivity contribution in [1.82, 2.24) is 5.32 Å². The lowest BCUT2D eigenvalue weighted by Crippen LogP contribution is -2.34. The fourth-order valence-corrected chi connectivity index (χ4v) is 4.22. The van der Waals surface area contributed by atoms with Crippen molar-refractivity contribution in [3.05, 3.63) is 51.3 Å². The Hall–Kier alpha value is -2.31. The second-order valence-electron chi connectivity index (χ2n) is 7.22. The minimum absolute atomic E-state index is 0.0471. The number of ether oxygens (including phenoxy) is 3. The molecule has 0 saturated heterocycles. The van der Waals surface area contributed by atoms with E-state index in [1.54, 1.807) is 12.1 Å². The molecular weight excluding hydrogens is 406 g/mol. The van der Waals surface area contributed by atoms with Crippen molar-refractivity contribution in [1.29, 1.82) is 0 Å². The lowest BCUT2D eigenvalue weighted by molar-refractivity contribution is -0.140. The van der Waals surface area contributed by atoms with E-state index < -0.39 is 11.9 Å². The summed E-state index contributed by atoms with van der Waals surface area (Å²) in [5.74, 6) is -0.366. The minimum atomic E-state index is -0.526. The number of esters is 1. The minimum Gasteiger partial charge on any atom is -0.492 e. The number of carbonyl (C=O) groups is 2. The number of hydrogen-bond acceptors (Lipinski definition) is 6. The van der Waals surface area contributed by atoms with E-state index in [0.717, 1.165) is 24.1 Å². The van der Waals surface area contributed by atoms with Crippen LogP contribution in [0.3, 0.4) is 0 Å². The summed E-state index contributed by atoms with van der Waals surface area (Å²) in [5, 5.41) is 3.72. The summed E-state index contributed by atoms with van der Waals surface area (Å²) in [7, 11) is 0. The van der Waals surface area contributed by atoms with Gasteiger partial charge in [-0.25, -0.2) is 4.79 Å². The smallest absolute Gasteiger partial charge is 0.336 e. The van der Waals surface area contributed by atoms with Crippen LogP contribution in [-0.4, -0.2) is 38.2 Å². The highest BCUT2D eigenvalue weighted by atomic mass is 35.5. The first-order valence-corrected chi connectivity index (χ1v) is 10.8. The number of ketones is 1. The van der Waals surface area contributed by atoms with Gasteiger partial charge >= 0.3 is 5.97 Å². The van der Waals surface area contributed by atoms with E-state index >= 15 is 0 Å². The number of rotatable bonds is 8. The first kappa shape index (κ1) is 22.4. The molecule has 162 valence electrons. The number of carbonyl (C=O) groups excluding carboxylic acids is 2. The number of nitrogens with one attached hydrogen (secondary N) is 1. The molecule has 0 aromatic heterocycles. The molecule has 7 heteroatoms. The molecule has 0 bridgehead atoms. The van der Waals surface area contributed by atoms with Crippen LogP contribution in [0.4, 0.5) is 0 Å². The molecule has 1 aromatic rings. The van der Waals surface area contributed by atoms with Crippen LogP contribution >= 0.6 is 11.6 Å². The summed E-state index contributed by atoms with van der Waals surface area (Å²) in [6.45, 7) is 7.14. The fourth-order valence-electron chi connectivity index (χ4n) is 3.97. The van der Waals surface area contributed by atoms with Crippen LogP contribution < -0.4 is 10.1 Å². The van der Waals surface area contributed by atoms with E-state index in [1.165, 1.54) is 0 Å². The lowest BCUT2D eigenvalue weighted by Gasteiger charge is -2.34. The molecule has 0 spiro atoms. The van der Waals surface area contributed by atoms with Crippen LogP contribution in [0.5, 0.6) is 5.75 Å². The normalized spacial score (nSPS) is 18.8. The molecule has 0 fully saturated rings. The van der Waals surface area contributed by atoms with Gasteiger partial charge in [0.1, 0.15) is 12.4 Å². The highest BCUT2D eigenvalue weighted by Crippen LogP contribution is 2.43. The maximum Gasteiger partial charge on any atom is 0.336 e. The zero-order valence-electron chi connectivity index (χ0n) is 17.7. The fraction of sp³-hybridized carbons (Fsp3) is 0.478. The van der Waals surface area contributed by atoms with E-state index in [9.17, 15) is 9.59 Å². The van der Waals surface area contributed by atoms with E-state index in [4.69, 9.17) is 25.8 Å². The van der Waals surface area contributed by atoms with Gasteiger partial charge < -0.3 is 19.5 Å². The first-order chi connectivity index (χ1) is 14.5. The summed E-state index contributed by atoms with van der Waals surface area (Å²) in [6, 6.07) is 5.42. The van der Waals surface area contributed by atoms with Gasteiger partial charge in [-0.15, -0.1) is 0 Å². The van der Waals surface area contributed by atoms with Crippen LogP contribution in [0.1, 0.15) is 51.5 Å². The summed E-state index contributed by atoms with van der Waals surface area (Å²) < 4.78 is 16.3. The molecule has 30 heavy (non-hydrogen) atoms. The highest BCUT2D eigenvalue weighted by molar-refractivity contribution is 6.32. The molecule has 0 amide bonds. The topological polar surface area (TPSA) is 73.9 Å². The Kier molecular flexibility index (Phi) is 7.56. The van der Waals surface area contributed by atoms with Gasteiger partial charge in [0.15, 0.2) is 5.78 Å². The van der Waals surface area contributed by atoms with E-state index in [-0.39, 0.29) is 12.4 Å². The summed E-state index contributed by atoms with van der Waals surface area (Å²) in [5.41, 5.74) is 3.40. The van der Waals surface area contributed by atoms with E-state index in [2.05, 4.69) is 5.32 Å². The second kappa shape index (κ2) is 10.1. The van der Waals surface area contributed by atoms with Crippen LogP contribution in [0.15, 0.2) is 40.7 Å². The van der Waals surface area contributed by atoms with Gasteiger partial charge in [-0.1, -0.05) is 17.7 Å². The zero-order chi connectivity index (χ0) is 21.7. The monoisotopic (exact) mass is 433 g/mol. The molecule has 1 heterocycles. The predicted octanol–water partition coefficient (Wildman–Crippen LogP) is 4.29. The molecule has 1 aliphatic heterocycles. The number of dihydropyridines is 1. The van der Waals surface area contributed by atoms with Gasteiger partial charge in [0, 0.05) is 35.9 Å². The highest BCUT2D eigenvalue weighted by Gasteiger charge is 2.39. The summed E-state index contributed by atoms with van der Waals surface area (Å²) >= 11 is 6.43. The Morgan fingerprint density at radius 2 is 2.00 bits per heavy atom. The molecule has 6 nitrogen and oxygen atoms in total. The van der Waals surface area contributed by atoms with Crippen molar-refractivity contribution >= 4 is 23.4 Å². The van der Waals surface area contributed by atoms with Gasteiger partial charge in [-0.3, -0.25) is 4.79 Å². The third-order valence-corrected chi connectivity index (χ3v) is 5.55. The van der Waals surface area contributed by atoms with Crippen molar-refractivity contribution in [3.8, 4) is 5.75 Å². The van der Waals surface area contributed by atoms with Crippen molar-refractivity contribution in [2.24, 2.45) is 0 Å². The van der Waals surface area contributed by atoms with Crippen LogP contribution in [0, 0.1) is 0 Å². The standard InChI is InChI=1S/C23H28ClNO5/c1-4-28-11-12-30-23(27)20-14(3)25-17-7-6-8-18(26)22(17)21(20)15-9-10-19(29-5-2)16(24)13-15/h9-10,13,21,25H,4-8,11-12H2,1-3H3/t21-/m0/s1. The van der Waals surface area contributed by atoms with E-state index in [0.29, 0.717) is 53.9 Å². The molecule has 1 aromatic carbocycles. The average Bonchev–Trinajstić information content (AvgIpc) is 2.72. The predicted molar refractivity (Wildman–Crippen MR) is 115 cm³/mol. The molecule has 1 atom stereocenters. The zero-order valence-corrected chi connectivity index (χ0v) is 18.4. The third kappa shape index (κ3) is 4.71.